The number of H-pyrrole nitrogens is 1. The number of ether oxygens (including phenoxy) is 5. The molecular weight excluding hydrogens is 1730 g/mol. The van der Waals surface area contributed by atoms with E-state index < -0.39 is 5.60 Å². The minimum atomic E-state index is -0.726. The first-order valence-corrected chi connectivity index (χ1v) is 48.4. The molecule has 0 unspecified atom stereocenters. The van der Waals surface area contributed by atoms with E-state index >= 15 is 0 Å². The van der Waals surface area contributed by atoms with Crippen LogP contribution >= 0.6 is 0 Å². The first-order valence-electron chi connectivity index (χ1n) is 48.4. The van der Waals surface area contributed by atoms with Crippen molar-refractivity contribution in [2.75, 3.05) is 41.6 Å². The molecule has 139 heavy (non-hydrogen) atoms. The second kappa shape index (κ2) is 65.4. The van der Waals surface area contributed by atoms with Crippen molar-refractivity contribution in [2.24, 2.45) is 59.0 Å². The highest BCUT2D eigenvalue weighted by molar-refractivity contribution is 5.94. The first-order chi connectivity index (χ1) is 66.1. The van der Waals surface area contributed by atoms with E-state index in [1.54, 1.807) is 80.9 Å². The zero-order valence-corrected chi connectivity index (χ0v) is 87.0. The minimum absolute atomic E-state index is 0.0268. The van der Waals surface area contributed by atoms with Gasteiger partial charge in [0.1, 0.15) is 36.2 Å². The van der Waals surface area contributed by atoms with Crippen molar-refractivity contribution in [1.29, 1.82) is 0 Å². The van der Waals surface area contributed by atoms with Gasteiger partial charge in [-0.1, -0.05) is 300 Å². The van der Waals surface area contributed by atoms with Crippen LogP contribution in [0.4, 0.5) is 0 Å². The molecule has 0 fully saturated rings. The Morgan fingerprint density at radius 1 is 0.381 bits per heavy atom. The fourth-order valence-corrected chi connectivity index (χ4v) is 13.9. The fraction of sp³-hybridized carbons (Fsp3) is 0.380. The summed E-state index contributed by atoms with van der Waals surface area (Å²) < 4.78 is 25.7. The number of aromatic amines is 1. The van der Waals surface area contributed by atoms with Crippen molar-refractivity contribution in [3.8, 4) is 58.1 Å². The quantitative estimate of drug-likeness (QED) is 0.0180. The van der Waals surface area contributed by atoms with Gasteiger partial charge in [-0.2, -0.15) is 5.21 Å². The normalized spacial score (nSPS) is 10.5. The van der Waals surface area contributed by atoms with Crippen LogP contribution in [0.25, 0.3) is 11.4 Å². The summed E-state index contributed by atoms with van der Waals surface area (Å²) in [6.45, 7) is 44.0. The predicted octanol–water partition coefficient (Wildman–Crippen LogP) is 25.5. The van der Waals surface area contributed by atoms with Crippen molar-refractivity contribution in [3.05, 3.63) is 361 Å². The summed E-state index contributed by atoms with van der Waals surface area (Å²) in [6.07, 6.45) is 9.79. The Kier molecular flexibility index (Phi) is 55.5. The van der Waals surface area contributed by atoms with Gasteiger partial charge in [-0.05, 0) is 307 Å². The molecule has 0 aliphatic carbocycles. The number of carbonyl (C=O) groups excluding carboxylic acids is 4. The Morgan fingerprint density at radius 3 is 1.01 bits per heavy atom. The third-order valence-electron chi connectivity index (χ3n) is 20.5. The summed E-state index contributed by atoms with van der Waals surface area (Å²) in [7, 11) is 6.06. The van der Waals surface area contributed by atoms with Gasteiger partial charge in [0.2, 0.25) is 11.7 Å². The summed E-state index contributed by atoms with van der Waals surface area (Å²) in [4.78, 5) is 44.8. The lowest BCUT2D eigenvalue weighted by atomic mass is 9.95. The molecule has 12 aromatic rings. The van der Waals surface area contributed by atoms with Gasteiger partial charge in [0.15, 0.2) is 0 Å². The number of phenolic OH excluding ortho intramolecular Hbond substituents is 1. The SMILES string of the molecule is CC(C)Cc1ccc(-c2nn[nH]n2)cc1.CC(C)Cc1ccc(C(C)(C)O)cc1.CC(C)Cc1ccc(C(N)=O)cc1.CC(C)Cc1ccc(CO)cc1.CC(C)Cc1ccc(O)cc1.CNC(=O)c1ccc(CC(C)C)cc1.COC(=O)c1ccc(C#CCOc2ccc(CC(C)C)cc2)cc1.COC(=O)c1cccc(C#CCOc2ccc(CC(C)C)cc2)c1.COc1ccc(CC(C)C)cc1. The fourth-order valence-electron chi connectivity index (χ4n) is 13.9. The second-order valence-corrected chi connectivity index (χ2v) is 38.5. The zero-order valence-electron chi connectivity index (χ0n) is 87.0. The summed E-state index contributed by atoms with van der Waals surface area (Å²) in [5, 5.41) is 44.0. The van der Waals surface area contributed by atoms with Crippen LogP contribution in [0.2, 0.25) is 0 Å². The first kappa shape index (κ1) is 118. The highest BCUT2D eigenvalue weighted by Crippen LogP contribution is 2.24. The molecule has 742 valence electrons. The van der Waals surface area contributed by atoms with E-state index in [9.17, 15) is 24.3 Å². The van der Waals surface area contributed by atoms with Gasteiger partial charge in [-0.3, -0.25) is 9.59 Å². The van der Waals surface area contributed by atoms with Crippen molar-refractivity contribution in [1.82, 2.24) is 25.9 Å². The number of rotatable bonds is 30. The number of aliphatic hydroxyl groups excluding tert-OH is 1. The predicted molar refractivity (Wildman–Crippen MR) is 570 cm³/mol. The van der Waals surface area contributed by atoms with Crippen LogP contribution in [-0.2, 0) is 79.5 Å². The van der Waals surface area contributed by atoms with Gasteiger partial charge in [0, 0.05) is 34.9 Å². The molecule has 11 aromatic carbocycles. The smallest absolute Gasteiger partial charge is 0.337 e. The highest BCUT2D eigenvalue weighted by atomic mass is 16.5. The molecule has 0 aliphatic heterocycles. The molecule has 0 spiro atoms. The number of hydrogen-bond donors (Lipinski definition) is 6. The number of primary amides is 1. The average Bonchev–Trinajstić information content (AvgIpc) is 1.59. The number of aromatic hydroxyl groups is 1. The Bertz CT molecular complexity index is 5480. The van der Waals surface area contributed by atoms with Gasteiger partial charge < -0.3 is 50.1 Å². The van der Waals surface area contributed by atoms with E-state index in [-0.39, 0.29) is 30.4 Å². The van der Waals surface area contributed by atoms with Crippen LogP contribution in [0, 0.1) is 76.9 Å². The summed E-state index contributed by atoms with van der Waals surface area (Å²) >= 11 is 0. The lowest BCUT2D eigenvalue weighted by Gasteiger charge is -2.18. The van der Waals surface area contributed by atoms with Crippen molar-refractivity contribution in [2.45, 2.75) is 208 Å². The topological polar surface area (TPSA) is 268 Å². The number of carbonyl (C=O) groups is 4. The Morgan fingerprint density at radius 2 is 0.691 bits per heavy atom. The minimum Gasteiger partial charge on any atom is -0.508 e. The number of amides is 2. The third-order valence-corrected chi connectivity index (χ3v) is 20.5. The van der Waals surface area contributed by atoms with Gasteiger partial charge in [0.25, 0.3) is 5.91 Å². The van der Waals surface area contributed by atoms with Crippen molar-refractivity contribution < 1.29 is 58.2 Å². The number of hydrogen-bond acceptors (Lipinski definition) is 15. The lowest BCUT2D eigenvalue weighted by molar-refractivity contribution is 0.0592. The van der Waals surface area contributed by atoms with Crippen molar-refractivity contribution in [3.63, 3.8) is 0 Å². The molecule has 2 amide bonds. The van der Waals surface area contributed by atoms with Gasteiger partial charge >= 0.3 is 11.9 Å². The maximum atomic E-state index is 11.5. The van der Waals surface area contributed by atoms with Crippen LogP contribution in [0.5, 0.6) is 23.0 Å². The number of methoxy groups -OCH3 is 3. The molecule has 0 bridgehead atoms. The van der Waals surface area contributed by atoms with Crippen molar-refractivity contribution >= 4 is 23.8 Å². The molecule has 7 N–H and O–H groups in total. The van der Waals surface area contributed by atoms with Gasteiger partial charge in [0.05, 0.1) is 44.7 Å². The van der Waals surface area contributed by atoms with E-state index in [4.69, 9.17) is 34.9 Å². The molecule has 1 heterocycles. The lowest BCUT2D eigenvalue weighted by Crippen LogP contribution is -2.17. The summed E-state index contributed by atoms with van der Waals surface area (Å²) in [6, 6.07) is 85.9. The summed E-state index contributed by atoms with van der Waals surface area (Å²) in [5.74, 6) is 20.4. The molecule has 0 aliphatic rings. The number of aromatic nitrogens is 4. The molecule has 0 saturated heterocycles. The van der Waals surface area contributed by atoms with Gasteiger partial charge in [-0.25, -0.2) is 9.59 Å². The molecule has 18 heteroatoms. The van der Waals surface area contributed by atoms with E-state index in [1.807, 2.05) is 141 Å². The van der Waals surface area contributed by atoms with E-state index in [0.29, 0.717) is 88.8 Å². The van der Waals surface area contributed by atoms with Crippen LogP contribution < -0.4 is 25.3 Å². The number of esters is 2. The standard InChI is InChI=1S/2C21H22O3.C13H20O.C12H17NO.C11H14N4.C11H15NO.2C11H16O.C10H14O/c1-16(2)14-18-9-11-20(12-10-18)24-13-5-7-17-6-4-8-19(15-17)21(22)23-3;1-16(2)15-18-8-12-20(13-9-18)24-14-4-5-17-6-10-19(11-7-17)21(22)23-3;1-10(2)9-11-5-7-12(8-6-11)13(3,4)14;1-9(2)8-10-4-6-11(7-5-10)12(14)13-3;1-8(2)7-9-3-5-10(6-4-9)11-12-14-15-13-11;1-8(2)7-9-3-5-10(6-4-9)11(12)13;1-9(2)8-10-4-6-11(12-3)7-5-10;1-9(2)7-10-3-5-11(8-12)6-4-10;1-8(2)7-9-3-5-10(11)6-4-9/h4,6,8-12,15-16H,13-14H2,1-3H3;6-13,16H,14-15H2,1-3H3;5-8,10,14H,9H2,1-4H3;4-7,9H,8H2,1-3H3,(H,13,14);3-6,8H,7H2,1-2H3,(H,12,13,14,15);3-6,8H,7H2,1-2H3,(H2,12,13);4-7,9H,8H2,1-3H3;3-6,9,12H,7-8H2,1-2H3;3-6,8,11H,7H2,1-2H3. The number of aliphatic hydroxyl groups is 2. The van der Waals surface area contributed by atoms with E-state index in [0.717, 1.165) is 114 Å². The molecular formula is C121H156N6O12. The zero-order chi connectivity index (χ0) is 103. The Labute approximate surface area is 831 Å². The molecule has 0 atom stereocenters. The number of benzene rings is 11. The van der Waals surface area contributed by atoms with E-state index in [1.165, 1.54) is 64.3 Å². The van der Waals surface area contributed by atoms with Crippen LogP contribution in [-0.4, -0.2) is 101 Å². The molecule has 12 rings (SSSR count). The monoisotopic (exact) mass is 1890 g/mol. The van der Waals surface area contributed by atoms with Crippen LogP contribution in [0.1, 0.15) is 252 Å². The van der Waals surface area contributed by atoms with Gasteiger partial charge in [-0.15, -0.1) is 10.2 Å². The average molecular weight is 1890 g/mol. The Hall–Kier alpha value is -13.4. The number of tetrazole rings is 1. The van der Waals surface area contributed by atoms with Crippen LogP contribution in [0.15, 0.2) is 267 Å². The largest absolute Gasteiger partial charge is 0.508 e. The van der Waals surface area contributed by atoms with E-state index in [2.05, 4.69) is 252 Å². The molecule has 1 aromatic heterocycles. The molecule has 18 nitrogen and oxygen atoms in total. The molecule has 0 radical (unpaired) electrons. The second-order valence-electron chi connectivity index (χ2n) is 38.5. The number of nitrogens with two attached hydrogens (primary N) is 1. The highest BCUT2D eigenvalue weighted by Gasteiger charge is 2.16. The Balaban J connectivity index is 0.000000331. The summed E-state index contributed by atoms with van der Waals surface area (Å²) in [5.41, 5.74) is 23.1. The number of nitrogens with one attached hydrogen (secondary N) is 2. The number of nitrogens with zero attached hydrogens (tertiary/aromatic N) is 3. The van der Waals surface area contributed by atoms with Crippen LogP contribution in [0.3, 0.4) is 0 Å². The number of phenols is 1. The third kappa shape index (κ3) is 52.1. The molecule has 0 saturated carbocycles. The maximum Gasteiger partial charge on any atom is 0.337 e. The maximum absolute atomic E-state index is 11.5.